The molecule has 4 rings (SSSR count). The Hall–Kier alpha value is -3.02. The van der Waals surface area contributed by atoms with Crippen LogP contribution in [0, 0.1) is 0 Å². The summed E-state index contributed by atoms with van der Waals surface area (Å²) in [5.41, 5.74) is 0.843. The van der Waals surface area contributed by atoms with Gasteiger partial charge in [-0.1, -0.05) is 12.1 Å². The van der Waals surface area contributed by atoms with Crippen LogP contribution >= 0.6 is 12.4 Å². The Morgan fingerprint density at radius 2 is 1.87 bits per heavy atom. The van der Waals surface area contributed by atoms with Crippen molar-refractivity contribution in [1.29, 1.82) is 0 Å². The van der Waals surface area contributed by atoms with Crippen LogP contribution in [-0.2, 0) is 10.9 Å². The van der Waals surface area contributed by atoms with E-state index < -0.39 is 17.6 Å². The molecule has 1 aliphatic rings. The molecule has 164 valence electrons. The zero-order chi connectivity index (χ0) is 21.1. The van der Waals surface area contributed by atoms with Crippen LogP contribution < -0.4 is 10.6 Å². The summed E-state index contributed by atoms with van der Waals surface area (Å²) in [7, 11) is 0. The molecule has 0 radical (unpaired) electrons. The molecular formula is C19H18ClF3N6O2. The van der Waals surface area contributed by atoms with E-state index in [0.717, 1.165) is 23.3 Å². The molecule has 12 heteroatoms. The van der Waals surface area contributed by atoms with Gasteiger partial charge in [-0.25, -0.2) is 14.6 Å². The Kier molecular flexibility index (Phi) is 6.88. The molecule has 3 aromatic rings. The van der Waals surface area contributed by atoms with E-state index >= 15 is 0 Å². The highest BCUT2D eigenvalue weighted by Crippen LogP contribution is 2.28. The van der Waals surface area contributed by atoms with E-state index in [2.05, 4.69) is 25.7 Å². The third-order valence-corrected chi connectivity index (χ3v) is 4.48. The van der Waals surface area contributed by atoms with Crippen LogP contribution in [0.1, 0.15) is 27.6 Å². The van der Waals surface area contributed by atoms with Crippen LogP contribution in [-0.4, -0.2) is 45.4 Å². The van der Waals surface area contributed by atoms with Crippen molar-refractivity contribution >= 4 is 24.0 Å². The Morgan fingerprint density at radius 1 is 1.16 bits per heavy atom. The number of rotatable bonds is 4. The van der Waals surface area contributed by atoms with Crippen LogP contribution in [0.2, 0.25) is 0 Å². The lowest BCUT2D eigenvalue weighted by Crippen LogP contribution is -2.33. The normalized spacial score (nSPS) is 16.4. The van der Waals surface area contributed by atoms with Gasteiger partial charge in [0.05, 0.1) is 30.0 Å². The number of amides is 1. The summed E-state index contributed by atoms with van der Waals surface area (Å²) in [6.07, 6.45) is -0.595. The topological polar surface area (TPSA) is 94.0 Å². The number of carbonyl (C=O) groups is 1. The summed E-state index contributed by atoms with van der Waals surface area (Å²) in [5.74, 6) is -0.496. The Balaban J connectivity index is 0.00000272. The molecule has 1 saturated heterocycles. The van der Waals surface area contributed by atoms with Crippen LogP contribution in [0.5, 0.6) is 0 Å². The minimum absolute atomic E-state index is 0. The molecule has 0 bridgehead atoms. The predicted molar refractivity (Wildman–Crippen MR) is 107 cm³/mol. The van der Waals surface area contributed by atoms with Crippen molar-refractivity contribution in [2.24, 2.45) is 0 Å². The van der Waals surface area contributed by atoms with Crippen molar-refractivity contribution in [2.75, 3.05) is 25.0 Å². The SMILES string of the molecule is Cl.O=C(Nc1ccc([C@H]2CNCCO2)cc1)c1cnn(-c2ncc(C(F)(F)F)cn2)c1. The van der Waals surface area contributed by atoms with E-state index in [1.807, 2.05) is 12.1 Å². The van der Waals surface area contributed by atoms with Gasteiger partial charge in [0.1, 0.15) is 0 Å². The maximum atomic E-state index is 12.6. The van der Waals surface area contributed by atoms with Gasteiger partial charge in [-0.3, -0.25) is 4.79 Å². The van der Waals surface area contributed by atoms with Gasteiger partial charge in [0.25, 0.3) is 5.91 Å². The average Bonchev–Trinajstić information content (AvgIpc) is 3.25. The van der Waals surface area contributed by atoms with Gasteiger partial charge in [0.2, 0.25) is 5.95 Å². The smallest absolute Gasteiger partial charge is 0.371 e. The fourth-order valence-electron chi connectivity index (χ4n) is 2.90. The highest BCUT2D eigenvalue weighted by atomic mass is 35.5. The van der Waals surface area contributed by atoms with Crippen molar-refractivity contribution in [3.63, 3.8) is 0 Å². The molecule has 1 fully saturated rings. The molecule has 0 aliphatic carbocycles. The van der Waals surface area contributed by atoms with Crippen LogP contribution in [0.25, 0.3) is 5.95 Å². The van der Waals surface area contributed by atoms with E-state index in [1.165, 1.54) is 12.4 Å². The largest absolute Gasteiger partial charge is 0.419 e. The minimum Gasteiger partial charge on any atom is -0.371 e. The van der Waals surface area contributed by atoms with Gasteiger partial charge in [-0.2, -0.15) is 18.3 Å². The van der Waals surface area contributed by atoms with Crippen molar-refractivity contribution in [3.05, 3.63) is 65.7 Å². The van der Waals surface area contributed by atoms with Gasteiger partial charge in [-0.05, 0) is 17.7 Å². The Morgan fingerprint density at radius 3 is 2.48 bits per heavy atom. The lowest BCUT2D eigenvalue weighted by molar-refractivity contribution is -0.138. The first-order valence-corrected chi connectivity index (χ1v) is 9.08. The molecule has 8 nitrogen and oxygen atoms in total. The number of ether oxygens (including phenoxy) is 1. The van der Waals surface area contributed by atoms with Crippen molar-refractivity contribution < 1.29 is 22.7 Å². The molecule has 2 N–H and O–H groups in total. The van der Waals surface area contributed by atoms with Gasteiger partial charge in [0, 0.05) is 37.4 Å². The fraction of sp³-hybridized carbons (Fsp3) is 0.263. The number of hydrogen-bond donors (Lipinski definition) is 2. The summed E-state index contributed by atoms with van der Waals surface area (Å²) >= 11 is 0. The monoisotopic (exact) mass is 454 g/mol. The number of carbonyl (C=O) groups excluding carboxylic acids is 1. The van der Waals surface area contributed by atoms with Crippen molar-refractivity contribution in [2.45, 2.75) is 12.3 Å². The second-order valence-corrected chi connectivity index (χ2v) is 6.58. The predicted octanol–water partition coefficient (Wildman–Crippen LogP) is 3.02. The highest BCUT2D eigenvalue weighted by molar-refractivity contribution is 6.03. The van der Waals surface area contributed by atoms with Gasteiger partial charge in [-0.15, -0.1) is 12.4 Å². The molecule has 1 atom stereocenters. The molecule has 1 aliphatic heterocycles. The summed E-state index contributed by atoms with van der Waals surface area (Å²) in [5, 5.41) is 9.94. The number of nitrogens with one attached hydrogen (secondary N) is 2. The lowest BCUT2D eigenvalue weighted by Gasteiger charge is -2.24. The summed E-state index contributed by atoms with van der Waals surface area (Å²) in [4.78, 5) is 19.7. The van der Waals surface area contributed by atoms with Crippen molar-refractivity contribution in [1.82, 2.24) is 25.1 Å². The zero-order valence-electron chi connectivity index (χ0n) is 16.0. The minimum atomic E-state index is -4.52. The molecule has 1 aromatic carbocycles. The molecule has 2 aromatic heterocycles. The second kappa shape index (κ2) is 9.41. The first-order chi connectivity index (χ1) is 14.4. The molecule has 3 heterocycles. The number of aromatic nitrogens is 4. The van der Waals surface area contributed by atoms with Crippen LogP contribution in [0.4, 0.5) is 18.9 Å². The summed E-state index contributed by atoms with van der Waals surface area (Å²) in [6.45, 7) is 2.21. The molecule has 0 saturated carbocycles. The van der Waals surface area contributed by atoms with Gasteiger partial charge in [0.15, 0.2) is 0 Å². The zero-order valence-corrected chi connectivity index (χ0v) is 16.8. The second-order valence-electron chi connectivity index (χ2n) is 6.58. The molecule has 0 unspecified atom stereocenters. The number of benzene rings is 1. The lowest BCUT2D eigenvalue weighted by atomic mass is 10.1. The summed E-state index contributed by atoms with van der Waals surface area (Å²) < 4.78 is 44.6. The molecule has 1 amide bonds. The fourth-order valence-corrected chi connectivity index (χ4v) is 2.90. The van der Waals surface area contributed by atoms with E-state index in [1.54, 1.807) is 12.1 Å². The van der Waals surface area contributed by atoms with E-state index in [4.69, 9.17) is 4.74 Å². The first-order valence-electron chi connectivity index (χ1n) is 9.08. The van der Waals surface area contributed by atoms with Gasteiger partial charge < -0.3 is 15.4 Å². The number of morpholine rings is 1. The molecule has 0 spiro atoms. The highest BCUT2D eigenvalue weighted by Gasteiger charge is 2.31. The number of nitrogens with zero attached hydrogens (tertiary/aromatic N) is 4. The number of alkyl halides is 3. The molecular weight excluding hydrogens is 437 g/mol. The third-order valence-electron chi connectivity index (χ3n) is 4.48. The average molecular weight is 455 g/mol. The Bertz CT molecular complexity index is 1020. The summed E-state index contributed by atoms with van der Waals surface area (Å²) in [6, 6.07) is 7.31. The third kappa shape index (κ3) is 5.37. The van der Waals surface area contributed by atoms with E-state index in [9.17, 15) is 18.0 Å². The first kappa shape index (κ1) is 22.7. The standard InChI is InChI=1S/C19H17F3N6O2.ClH/c20-19(21,22)14-8-24-18(25-9-14)28-11-13(7-26-28)17(29)27-15-3-1-12(2-4-15)16-10-23-5-6-30-16;/h1-4,7-9,11,16,23H,5-6,10H2,(H,27,29);1H/t16-;/m1./s1. The maximum absolute atomic E-state index is 12.6. The van der Waals surface area contributed by atoms with Gasteiger partial charge >= 0.3 is 6.18 Å². The van der Waals surface area contributed by atoms with E-state index in [-0.39, 0.29) is 30.0 Å². The molecule has 31 heavy (non-hydrogen) atoms. The maximum Gasteiger partial charge on any atom is 0.419 e. The van der Waals surface area contributed by atoms with Crippen LogP contribution in [0.15, 0.2) is 49.1 Å². The number of halogens is 4. The van der Waals surface area contributed by atoms with Crippen LogP contribution in [0.3, 0.4) is 0 Å². The Labute approximate surface area is 181 Å². The van der Waals surface area contributed by atoms with Crippen molar-refractivity contribution in [3.8, 4) is 5.95 Å². The quantitative estimate of drug-likeness (QED) is 0.629. The number of hydrogen-bond acceptors (Lipinski definition) is 6. The number of anilines is 1. The van der Waals surface area contributed by atoms with E-state index in [0.29, 0.717) is 24.7 Å².